The van der Waals surface area contributed by atoms with Crippen molar-refractivity contribution < 1.29 is 23.4 Å². The van der Waals surface area contributed by atoms with Crippen LogP contribution in [0.15, 0.2) is 36.5 Å². The molecular formula is C27H35FN6O4. The summed E-state index contributed by atoms with van der Waals surface area (Å²) < 4.78 is 31.4. The minimum atomic E-state index is -0.788. The van der Waals surface area contributed by atoms with Gasteiger partial charge in [-0.1, -0.05) is 12.8 Å². The molecule has 1 aromatic carbocycles. The number of carbonyl (C=O) groups excluding carboxylic acids is 1. The van der Waals surface area contributed by atoms with Crippen LogP contribution in [0.2, 0.25) is 0 Å². The van der Waals surface area contributed by atoms with Crippen molar-refractivity contribution in [3.8, 4) is 5.88 Å². The zero-order chi connectivity index (χ0) is 26.9. The van der Waals surface area contributed by atoms with Gasteiger partial charge in [-0.2, -0.15) is 0 Å². The third-order valence-corrected chi connectivity index (χ3v) is 6.42. The van der Waals surface area contributed by atoms with E-state index in [0.29, 0.717) is 44.6 Å². The van der Waals surface area contributed by atoms with Gasteiger partial charge in [0.05, 0.1) is 25.4 Å². The van der Waals surface area contributed by atoms with Crippen LogP contribution in [0.4, 0.5) is 21.7 Å². The number of pyridine rings is 2. The van der Waals surface area contributed by atoms with Gasteiger partial charge in [-0.05, 0) is 55.5 Å². The number of benzene rings is 1. The molecule has 2 heterocycles. The van der Waals surface area contributed by atoms with Gasteiger partial charge >= 0.3 is 0 Å². The first kappa shape index (κ1) is 27.5. The highest BCUT2D eigenvalue weighted by Gasteiger charge is 2.24. The van der Waals surface area contributed by atoms with Gasteiger partial charge in [0.1, 0.15) is 12.4 Å². The highest BCUT2D eigenvalue weighted by atomic mass is 19.1. The second-order valence-corrected chi connectivity index (χ2v) is 9.11. The van der Waals surface area contributed by atoms with Crippen molar-refractivity contribution in [2.45, 2.75) is 44.7 Å². The van der Waals surface area contributed by atoms with Crippen LogP contribution in [0, 0.1) is 5.82 Å². The molecule has 3 aromatic rings. The molecule has 6 N–H and O–H groups in total. The molecular weight excluding hydrogens is 491 g/mol. The summed E-state index contributed by atoms with van der Waals surface area (Å²) in [6.07, 6.45) is 5.40. The molecule has 1 aliphatic rings. The van der Waals surface area contributed by atoms with Crippen molar-refractivity contribution in [3.63, 3.8) is 0 Å². The number of nitrogens with two attached hydrogens (primary N) is 2. The predicted molar refractivity (Wildman–Crippen MR) is 144 cm³/mol. The molecule has 204 valence electrons. The fourth-order valence-electron chi connectivity index (χ4n) is 4.43. The summed E-state index contributed by atoms with van der Waals surface area (Å²) in [7, 11) is 0. The summed E-state index contributed by atoms with van der Waals surface area (Å²) in [5.41, 5.74) is 12.3. The normalized spacial score (nSPS) is 17.3. The molecule has 10 nitrogen and oxygen atoms in total. The molecule has 1 amide bonds. The van der Waals surface area contributed by atoms with Crippen molar-refractivity contribution in [1.29, 1.82) is 0 Å². The Balaban J connectivity index is 1.49. The van der Waals surface area contributed by atoms with Crippen LogP contribution in [0.1, 0.15) is 43.0 Å². The number of primary amides is 1. The van der Waals surface area contributed by atoms with Gasteiger partial charge in [-0.25, -0.2) is 14.4 Å². The van der Waals surface area contributed by atoms with Gasteiger partial charge in [0.2, 0.25) is 5.88 Å². The fraction of sp³-hybridized carbons (Fsp3) is 0.444. The Hall–Kier alpha value is -3.54. The number of hydrogen-bond acceptors (Lipinski definition) is 9. The van der Waals surface area contributed by atoms with Crippen molar-refractivity contribution in [2.75, 3.05) is 43.7 Å². The van der Waals surface area contributed by atoms with Crippen LogP contribution in [0.5, 0.6) is 5.88 Å². The predicted octanol–water partition coefficient (Wildman–Crippen LogP) is 3.73. The maximum Gasteiger partial charge on any atom is 0.252 e. The average molecular weight is 527 g/mol. The van der Waals surface area contributed by atoms with E-state index in [1.165, 1.54) is 0 Å². The van der Waals surface area contributed by atoms with Crippen LogP contribution < -0.4 is 26.8 Å². The fourth-order valence-corrected chi connectivity index (χ4v) is 4.43. The lowest BCUT2D eigenvalue weighted by Crippen LogP contribution is -2.43. The highest BCUT2D eigenvalue weighted by molar-refractivity contribution is 5.99. The number of aromatic nitrogens is 2. The van der Waals surface area contributed by atoms with E-state index >= 15 is 0 Å². The third-order valence-electron chi connectivity index (χ3n) is 6.42. The molecule has 2 aromatic heterocycles. The molecule has 38 heavy (non-hydrogen) atoms. The number of halogens is 1. The Kier molecular flexibility index (Phi) is 9.63. The zero-order valence-electron chi connectivity index (χ0n) is 21.5. The molecule has 0 radical (unpaired) electrons. The first-order valence-electron chi connectivity index (χ1n) is 12.9. The minimum absolute atomic E-state index is 0.0315. The van der Waals surface area contributed by atoms with Gasteiger partial charge in [0.15, 0.2) is 11.6 Å². The van der Waals surface area contributed by atoms with E-state index in [1.807, 2.05) is 25.1 Å². The number of rotatable bonds is 13. The summed E-state index contributed by atoms with van der Waals surface area (Å²) >= 11 is 0. The summed E-state index contributed by atoms with van der Waals surface area (Å²) in [6.45, 7) is 4.41. The number of amides is 1. The molecule has 2 atom stereocenters. The number of hydrogen-bond donors (Lipinski definition) is 4. The van der Waals surface area contributed by atoms with E-state index in [9.17, 15) is 9.18 Å². The van der Waals surface area contributed by atoms with Gasteiger partial charge in [-0.15, -0.1) is 0 Å². The standard InChI is InChI=1S/C27H35FN6O4/c1-2-36-11-12-37-13-14-38-27-19-8-7-18(15-17(19)9-10-31-27)32-25-20(24(30)35)16-21(28)26(34-25)33-23-6-4-3-5-22(23)29/h7-10,15-16,22-23H,2-6,11-14,29H2,1H3,(H2,30,35)(H2,32,33,34)/t22-,23+/m0/s1. The number of fused-ring (bicyclic) bond motifs is 1. The first-order valence-corrected chi connectivity index (χ1v) is 12.9. The summed E-state index contributed by atoms with van der Waals surface area (Å²) in [5, 5.41) is 7.90. The summed E-state index contributed by atoms with van der Waals surface area (Å²) in [5.74, 6) is -0.779. The van der Waals surface area contributed by atoms with Crippen molar-refractivity contribution in [2.24, 2.45) is 11.5 Å². The Bertz CT molecular complexity index is 1240. The van der Waals surface area contributed by atoms with Gasteiger partial charge in [0.25, 0.3) is 5.91 Å². The minimum Gasteiger partial charge on any atom is -0.475 e. The van der Waals surface area contributed by atoms with Crippen LogP contribution in [0.25, 0.3) is 10.8 Å². The van der Waals surface area contributed by atoms with E-state index in [-0.39, 0.29) is 29.3 Å². The first-order chi connectivity index (χ1) is 18.5. The Labute approximate surface area is 221 Å². The summed E-state index contributed by atoms with van der Waals surface area (Å²) in [4.78, 5) is 20.8. The van der Waals surface area contributed by atoms with E-state index in [2.05, 4.69) is 20.6 Å². The van der Waals surface area contributed by atoms with Crippen LogP contribution >= 0.6 is 0 Å². The smallest absolute Gasteiger partial charge is 0.252 e. The quantitative estimate of drug-likeness (QED) is 0.245. The van der Waals surface area contributed by atoms with Crippen LogP contribution in [0.3, 0.4) is 0 Å². The molecule has 11 heteroatoms. The molecule has 0 aliphatic heterocycles. The second-order valence-electron chi connectivity index (χ2n) is 9.11. The molecule has 0 bridgehead atoms. The van der Waals surface area contributed by atoms with E-state index < -0.39 is 11.7 Å². The molecule has 0 spiro atoms. The molecule has 4 rings (SSSR count). The zero-order valence-corrected chi connectivity index (χ0v) is 21.5. The number of anilines is 3. The third kappa shape index (κ3) is 7.06. The number of ether oxygens (including phenoxy) is 3. The van der Waals surface area contributed by atoms with Crippen molar-refractivity contribution >= 4 is 34.0 Å². The monoisotopic (exact) mass is 526 g/mol. The lowest BCUT2D eigenvalue weighted by molar-refractivity contribution is 0.0401. The van der Waals surface area contributed by atoms with Crippen molar-refractivity contribution in [1.82, 2.24) is 9.97 Å². The Morgan fingerprint density at radius 1 is 1.08 bits per heavy atom. The Morgan fingerprint density at radius 2 is 1.87 bits per heavy atom. The van der Waals surface area contributed by atoms with E-state index in [0.717, 1.165) is 42.5 Å². The molecule has 0 unspecified atom stereocenters. The molecule has 1 saturated carbocycles. The average Bonchev–Trinajstić information content (AvgIpc) is 2.91. The largest absolute Gasteiger partial charge is 0.475 e. The molecule has 0 saturated heterocycles. The van der Waals surface area contributed by atoms with Gasteiger partial charge in [-0.3, -0.25) is 4.79 Å². The number of carbonyl (C=O) groups is 1. The maximum atomic E-state index is 14.8. The number of nitrogens with zero attached hydrogens (tertiary/aromatic N) is 2. The lowest BCUT2D eigenvalue weighted by atomic mass is 9.91. The van der Waals surface area contributed by atoms with Crippen LogP contribution in [-0.4, -0.2) is 61.0 Å². The highest BCUT2D eigenvalue weighted by Crippen LogP contribution is 2.30. The van der Waals surface area contributed by atoms with E-state index in [4.69, 9.17) is 25.7 Å². The number of nitrogens with one attached hydrogen (secondary N) is 2. The van der Waals surface area contributed by atoms with Gasteiger partial charge in [0, 0.05) is 36.0 Å². The molecule has 1 fully saturated rings. The lowest BCUT2D eigenvalue weighted by Gasteiger charge is -2.30. The van der Waals surface area contributed by atoms with Gasteiger partial charge < -0.3 is 36.3 Å². The second kappa shape index (κ2) is 13.3. The topological polar surface area (TPSA) is 147 Å². The van der Waals surface area contributed by atoms with Crippen LogP contribution in [-0.2, 0) is 9.47 Å². The Morgan fingerprint density at radius 3 is 2.66 bits per heavy atom. The molecule has 1 aliphatic carbocycles. The summed E-state index contributed by atoms with van der Waals surface area (Å²) in [6, 6.07) is 8.27. The van der Waals surface area contributed by atoms with Crippen molar-refractivity contribution in [3.05, 3.63) is 47.9 Å². The SMILES string of the molecule is CCOCCOCCOc1nccc2cc(Nc3nc(N[C@@H]4CCCC[C@@H]4N)c(F)cc3C(N)=O)ccc12. The maximum absolute atomic E-state index is 14.8. The van der Waals surface area contributed by atoms with E-state index in [1.54, 1.807) is 12.3 Å².